The van der Waals surface area contributed by atoms with E-state index in [4.69, 9.17) is 21.5 Å². The zero-order chi connectivity index (χ0) is 20.0. The molecule has 0 heterocycles. The van der Waals surface area contributed by atoms with Crippen molar-refractivity contribution < 1.29 is 17.9 Å². The fourth-order valence-corrected chi connectivity index (χ4v) is 4.29. The number of methoxy groups -OCH3 is 1. The molecule has 0 aromatic heterocycles. The molecule has 1 aliphatic rings. The second kappa shape index (κ2) is 6.82. The summed E-state index contributed by atoms with van der Waals surface area (Å²) in [6, 6.07) is 11.4. The van der Waals surface area contributed by atoms with Gasteiger partial charge in [0.25, 0.3) is 0 Å². The second-order valence-electron chi connectivity index (χ2n) is 7.22. The van der Waals surface area contributed by atoms with Crippen LogP contribution in [-0.2, 0) is 14.8 Å². The predicted molar refractivity (Wildman–Crippen MR) is 104 cm³/mol. The molecule has 0 spiro atoms. The predicted octanol–water partition coefficient (Wildman–Crippen LogP) is 3.37. The number of amides is 1. The molecule has 2 aromatic carbocycles. The van der Waals surface area contributed by atoms with Crippen LogP contribution in [0.25, 0.3) is 0 Å². The highest BCUT2D eigenvalue weighted by Gasteiger charge is 2.62. The number of ether oxygens (including phenoxy) is 1. The minimum absolute atomic E-state index is 0.0304. The van der Waals surface area contributed by atoms with Crippen molar-refractivity contribution in [3.63, 3.8) is 0 Å². The van der Waals surface area contributed by atoms with E-state index >= 15 is 0 Å². The van der Waals surface area contributed by atoms with Crippen LogP contribution in [0.1, 0.15) is 25.3 Å². The van der Waals surface area contributed by atoms with Crippen molar-refractivity contribution >= 4 is 33.2 Å². The van der Waals surface area contributed by atoms with Gasteiger partial charge in [0.05, 0.1) is 23.6 Å². The molecule has 0 radical (unpaired) electrons. The summed E-state index contributed by atoms with van der Waals surface area (Å²) in [7, 11) is -2.22. The van der Waals surface area contributed by atoms with Crippen LogP contribution >= 0.6 is 11.6 Å². The number of rotatable bonds is 5. The fraction of sp³-hybridized carbons (Fsp3) is 0.316. The summed E-state index contributed by atoms with van der Waals surface area (Å²) in [6.45, 7) is 4.01. The van der Waals surface area contributed by atoms with E-state index in [0.29, 0.717) is 16.5 Å². The molecule has 27 heavy (non-hydrogen) atoms. The topological polar surface area (TPSA) is 98.5 Å². The molecule has 1 amide bonds. The van der Waals surface area contributed by atoms with Crippen LogP contribution in [0.2, 0.25) is 5.02 Å². The molecular weight excluding hydrogens is 388 g/mol. The first kappa shape index (κ1) is 19.7. The molecule has 0 unspecified atom stereocenters. The van der Waals surface area contributed by atoms with E-state index in [-0.39, 0.29) is 28.1 Å². The van der Waals surface area contributed by atoms with Gasteiger partial charge in [-0.25, -0.2) is 13.6 Å². The van der Waals surface area contributed by atoms with Gasteiger partial charge in [-0.1, -0.05) is 37.6 Å². The largest absolute Gasteiger partial charge is 0.495 e. The summed E-state index contributed by atoms with van der Waals surface area (Å²) in [5, 5.41) is 8.53. The lowest BCUT2D eigenvalue weighted by molar-refractivity contribution is -0.118. The molecule has 3 N–H and O–H groups in total. The van der Waals surface area contributed by atoms with Gasteiger partial charge < -0.3 is 10.1 Å². The maximum Gasteiger partial charge on any atom is 0.238 e. The monoisotopic (exact) mass is 408 g/mol. The lowest BCUT2D eigenvalue weighted by Gasteiger charge is -2.11. The van der Waals surface area contributed by atoms with Gasteiger partial charge in [-0.05, 0) is 41.3 Å². The number of carbonyl (C=O) groups excluding carboxylic acids is 1. The van der Waals surface area contributed by atoms with Gasteiger partial charge in [-0.15, -0.1) is 0 Å². The van der Waals surface area contributed by atoms with Crippen LogP contribution in [0.5, 0.6) is 5.75 Å². The molecule has 2 aromatic rings. The van der Waals surface area contributed by atoms with Crippen LogP contribution in [0.4, 0.5) is 5.69 Å². The first-order chi connectivity index (χ1) is 12.6. The number of primary sulfonamides is 1. The standard InChI is InChI=1S/C19H21ClN2O4S/c1-19(2)16(11-4-7-13(8-5-11)27(21,24)25)17(19)18(23)22-14-10-12(20)6-9-15(14)26-3/h4-10,16-17H,1-3H3,(H,22,23)(H2,21,24,25)/t16-,17+/m0/s1. The molecule has 3 rings (SSSR count). The third-order valence-corrected chi connectivity index (χ3v) is 6.26. The highest BCUT2D eigenvalue weighted by molar-refractivity contribution is 7.89. The third-order valence-electron chi connectivity index (χ3n) is 5.10. The Kier molecular flexibility index (Phi) is 4.96. The molecule has 8 heteroatoms. The van der Waals surface area contributed by atoms with E-state index in [0.717, 1.165) is 5.56 Å². The van der Waals surface area contributed by atoms with Crippen LogP contribution in [-0.4, -0.2) is 21.4 Å². The number of hydrogen-bond acceptors (Lipinski definition) is 4. The lowest BCUT2D eigenvalue weighted by Crippen LogP contribution is -2.17. The Morgan fingerprint density at radius 1 is 1.19 bits per heavy atom. The van der Waals surface area contributed by atoms with Crippen molar-refractivity contribution in [1.29, 1.82) is 0 Å². The molecule has 0 aliphatic heterocycles. The van der Waals surface area contributed by atoms with Crippen molar-refractivity contribution in [3.8, 4) is 5.75 Å². The SMILES string of the molecule is COc1ccc(Cl)cc1NC(=O)[C@H]1[C@H](c2ccc(S(N)(=O)=O)cc2)C1(C)C. The van der Waals surface area contributed by atoms with E-state index in [2.05, 4.69) is 5.32 Å². The second-order valence-corrected chi connectivity index (χ2v) is 9.22. The summed E-state index contributed by atoms with van der Waals surface area (Å²) in [5.74, 6) is 0.0973. The van der Waals surface area contributed by atoms with Crippen LogP contribution < -0.4 is 15.2 Å². The van der Waals surface area contributed by atoms with E-state index < -0.39 is 10.0 Å². The highest BCUT2D eigenvalue weighted by Crippen LogP contribution is 2.64. The van der Waals surface area contributed by atoms with Crippen molar-refractivity contribution in [2.75, 3.05) is 12.4 Å². The Morgan fingerprint density at radius 3 is 2.37 bits per heavy atom. The Labute approximate surface area is 163 Å². The van der Waals surface area contributed by atoms with E-state index in [1.807, 2.05) is 13.8 Å². The Bertz CT molecular complexity index is 987. The van der Waals surface area contributed by atoms with Gasteiger partial charge in [-0.3, -0.25) is 4.79 Å². The number of anilines is 1. The van der Waals surface area contributed by atoms with Gasteiger partial charge in [0.15, 0.2) is 0 Å². The van der Waals surface area contributed by atoms with Crippen molar-refractivity contribution in [2.45, 2.75) is 24.7 Å². The molecule has 1 saturated carbocycles. The van der Waals surface area contributed by atoms with E-state index in [1.165, 1.54) is 19.2 Å². The molecule has 6 nitrogen and oxygen atoms in total. The maximum atomic E-state index is 12.9. The molecule has 1 aliphatic carbocycles. The number of halogens is 1. The molecule has 0 saturated heterocycles. The minimum Gasteiger partial charge on any atom is -0.495 e. The van der Waals surface area contributed by atoms with Gasteiger partial charge in [0, 0.05) is 10.9 Å². The summed E-state index contributed by atoms with van der Waals surface area (Å²) in [6.07, 6.45) is 0. The summed E-state index contributed by atoms with van der Waals surface area (Å²) in [5.41, 5.74) is 1.14. The van der Waals surface area contributed by atoms with E-state index in [1.54, 1.807) is 30.3 Å². The van der Waals surface area contributed by atoms with Crippen molar-refractivity contribution in [3.05, 3.63) is 53.1 Å². The maximum absolute atomic E-state index is 12.9. The minimum atomic E-state index is -3.74. The van der Waals surface area contributed by atoms with Gasteiger partial charge in [0.1, 0.15) is 5.75 Å². The zero-order valence-corrected chi connectivity index (χ0v) is 16.8. The summed E-state index contributed by atoms with van der Waals surface area (Å²) < 4.78 is 28.1. The number of hydrogen-bond donors (Lipinski definition) is 2. The highest BCUT2D eigenvalue weighted by atomic mass is 35.5. The van der Waals surface area contributed by atoms with Crippen molar-refractivity contribution in [1.82, 2.24) is 0 Å². The number of nitrogens with two attached hydrogens (primary N) is 1. The Morgan fingerprint density at radius 2 is 1.81 bits per heavy atom. The van der Waals surface area contributed by atoms with Crippen LogP contribution in [0, 0.1) is 11.3 Å². The van der Waals surface area contributed by atoms with Gasteiger partial charge in [0.2, 0.25) is 15.9 Å². The summed E-state index contributed by atoms with van der Waals surface area (Å²) in [4.78, 5) is 12.9. The van der Waals surface area contributed by atoms with Gasteiger partial charge in [-0.2, -0.15) is 0 Å². The molecular formula is C19H21ClN2O4S. The smallest absolute Gasteiger partial charge is 0.238 e. The normalized spacial score (nSPS) is 20.8. The summed E-state index contributed by atoms with van der Waals surface area (Å²) >= 11 is 6.02. The average Bonchev–Trinajstić information content (AvgIpc) is 3.17. The number of benzene rings is 2. The Balaban J connectivity index is 1.81. The van der Waals surface area contributed by atoms with Crippen LogP contribution in [0.15, 0.2) is 47.4 Å². The molecule has 2 atom stereocenters. The van der Waals surface area contributed by atoms with Gasteiger partial charge >= 0.3 is 0 Å². The van der Waals surface area contributed by atoms with Crippen molar-refractivity contribution in [2.24, 2.45) is 16.5 Å². The number of nitrogens with one attached hydrogen (secondary N) is 1. The first-order valence-electron chi connectivity index (χ1n) is 8.33. The number of sulfonamides is 1. The zero-order valence-electron chi connectivity index (χ0n) is 15.2. The fourth-order valence-electron chi connectivity index (χ4n) is 3.60. The average molecular weight is 409 g/mol. The first-order valence-corrected chi connectivity index (χ1v) is 10.3. The molecule has 0 bridgehead atoms. The quantitative estimate of drug-likeness (QED) is 0.792. The van der Waals surface area contributed by atoms with E-state index in [9.17, 15) is 13.2 Å². The Hall–Kier alpha value is -2.09. The molecule has 1 fully saturated rings. The molecule has 144 valence electrons. The van der Waals surface area contributed by atoms with Crippen LogP contribution in [0.3, 0.4) is 0 Å². The number of carbonyl (C=O) groups is 1. The third kappa shape index (κ3) is 3.81. The lowest BCUT2D eigenvalue weighted by atomic mass is 10.0.